The minimum absolute atomic E-state index is 1.17. The van der Waals surface area contributed by atoms with Gasteiger partial charge in [0.1, 0.15) is 0 Å². The Bertz CT molecular complexity index is 106. The first-order valence-electron chi connectivity index (χ1n) is 1.44. The zero-order chi connectivity index (χ0) is 5.49. The Morgan fingerprint density at radius 3 is 2.14 bits per heavy atom. The van der Waals surface area contributed by atoms with E-state index in [1.165, 1.54) is 0 Å². The lowest BCUT2D eigenvalue weighted by Gasteiger charge is -1.81. The van der Waals surface area contributed by atoms with Gasteiger partial charge in [0.15, 0.2) is 0 Å². The summed E-state index contributed by atoms with van der Waals surface area (Å²) in [6.45, 7) is 0. The van der Waals surface area contributed by atoms with Crippen molar-refractivity contribution in [1.82, 2.24) is 0 Å². The second-order valence-corrected chi connectivity index (χ2v) is 2.05. The summed E-state index contributed by atoms with van der Waals surface area (Å²) in [6.07, 6.45) is 0. The molecule has 1 heterocycles. The van der Waals surface area contributed by atoms with Gasteiger partial charge >= 0.3 is 10.7 Å². The zero-order valence-corrected chi connectivity index (χ0v) is 4.64. The molecule has 0 amide bonds. The lowest BCUT2D eigenvalue weighted by atomic mass is 10.7. The molecule has 1 aliphatic rings. The van der Waals surface area contributed by atoms with Crippen LogP contribution < -0.4 is 0 Å². The third kappa shape index (κ3) is 0.744. The van der Waals surface area contributed by atoms with Gasteiger partial charge in [-0.3, -0.25) is 0 Å². The predicted octanol–water partition coefficient (Wildman–Crippen LogP) is 0.0815. The van der Waals surface area contributed by atoms with Crippen LogP contribution in [0.3, 0.4) is 0 Å². The van der Waals surface area contributed by atoms with Crippen molar-refractivity contribution in [1.29, 1.82) is 0 Å². The van der Waals surface area contributed by atoms with Gasteiger partial charge in [-0.2, -0.15) is 9.78 Å². The molecule has 1 aliphatic heterocycles. The van der Waals surface area contributed by atoms with Gasteiger partial charge in [-0.15, -0.1) is 0 Å². The highest BCUT2D eigenvalue weighted by molar-refractivity contribution is 9.10. The van der Waals surface area contributed by atoms with E-state index in [1.54, 1.807) is 0 Å². The van der Waals surface area contributed by atoms with Crippen molar-refractivity contribution < 1.29 is 19.7 Å². The van der Waals surface area contributed by atoms with Crippen molar-refractivity contribution in [3.05, 3.63) is 0 Å². The van der Waals surface area contributed by atoms with Crippen molar-refractivity contribution in [2.24, 2.45) is 0 Å². The second kappa shape index (κ2) is 1.18. The van der Waals surface area contributed by atoms with Gasteiger partial charge in [-0.05, 0) is 15.9 Å². The SMILES string of the molecule is O=C(O)C1(Br)OO1. The number of alkyl halides is 1. The molecule has 1 rings (SSSR count). The largest absolute Gasteiger partial charge is 0.476 e. The molecule has 0 aliphatic carbocycles. The third-order valence-corrected chi connectivity index (χ3v) is 1.09. The lowest BCUT2D eigenvalue weighted by Crippen LogP contribution is -2.13. The first-order chi connectivity index (χ1) is 3.15. The molecule has 0 aromatic heterocycles. The molecule has 0 saturated carbocycles. The Kier molecular flexibility index (Phi) is 0.844. The second-order valence-electron chi connectivity index (χ2n) is 1.01. The first kappa shape index (κ1) is 5.02. The van der Waals surface area contributed by atoms with Crippen LogP contribution in [0.5, 0.6) is 0 Å². The van der Waals surface area contributed by atoms with Crippen LogP contribution >= 0.6 is 15.9 Å². The van der Waals surface area contributed by atoms with Gasteiger partial charge in [-0.25, -0.2) is 4.79 Å². The molecular weight excluding hydrogens is 168 g/mol. The van der Waals surface area contributed by atoms with Gasteiger partial charge in [0.25, 0.3) is 0 Å². The topological polar surface area (TPSA) is 62.4 Å². The van der Waals surface area contributed by atoms with Gasteiger partial charge in [0, 0.05) is 0 Å². The molecule has 0 atom stereocenters. The van der Waals surface area contributed by atoms with Crippen molar-refractivity contribution in [3.63, 3.8) is 0 Å². The number of aliphatic carboxylic acids is 1. The highest BCUT2D eigenvalue weighted by Crippen LogP contribution is 2.35. The molecule has 1 fully saturated rings. The normalized spacial score (nSPS) is 24.1. The van der Waals surface area contributed by atoms with Crippen LogP contribution in [-0.4, -0.2) is 15.8 Å². The summed E-state index contributed by atoms with van der Waals surface area (Å²) >= 11 is 2.61. The highest BCUT2D eigenvalue weighted by atomic mass is 79.9. The number of hydrogen-bond acceptors (Lipinski definition) is 3. The number of carboxylic acid groups (broad SMARTS) is 1. The monoisotopic (exact) mass is 168 g/mol. The fourth-order valence-electron chi connectivity index (χ4n) is 0.108. The van der Waals surface area contributed by atoms with E-state index in [-0.39, 0.29) is 0 Å². The minimum atomic E-state index is -1.52. The lowest BCUT2D eigenvalue weighted by molar-refractivity contribution is -0.140. The molecule has 0 unspecified atom stereocenters. The number of halogens is 1. The Balaban J connectivity index is 2.55. The van der Waals surface area contributed by atoms with E-state index in [1.807, 2.05) is 0 Å². The highest BCUT2D eigenvalue weighted by Gasteiger charge is 2.55. The summed E-state index contributed by atoms with van der Waals surface area (Å²) in [5.41, 5.74) is 0. The molecule has 40 valence electrons. The maximum absolute atomic E-state index is 9.79. The number of carboxylic acids is 1. The van der Waals surface area contributed by atoms with Crippen LogP contribution in [0, 0.1) is 0 Å². The Morgan fingerprint density at radius 1 is 1.71 bits per heavy atom. The van der Waals surface area contributed by atoms with E-state index in [0.29, 0.717) is 0 Å². The maximum atomic E-state index is 9.79. The Morgan fingerprint density at radius 2 is 2.14 bits per heavy atom. The van der Waals surface area contributed by atoms with Crippen molar-refractivity contribution in [2.75, 3.05) is 0 Å². The average Bonchev–Trinajstić information content (AvgIpc) is 2.21. The molecule has 5 heteroatoms. The summed E-state index contributed by atoms with van der Waals surface area (Å²) in [4.78, 5) is 17.7. The molecule has 0 aromatic rings. The van der Waals surface area contributed by atoms with Crippen LogP contribution in [0.25, 0.3) is 0 Å². The van der Waals surface area contributed by atoms with Crippen molar-refractivity contribution in [2.45, 2.75) is 4.70 Å². The van der Waals surface area contributed by atoms with Crippen LogP contribution in [-0.2, 0) is 14.6 Å². The number of carbonyl (C=O) groups is 1. The number of hydrogen-bond donors (Lipinski definition) is 1. The van der Waals surface area contributed by atoms with E-state index in [0.717, 1.165) is 0 Å². The van der Waals surface area contributed by atoms with Gasteiger partial charge in [0.2, 0.25) is 0 Å². The molecule has 1 saturated heterocycles. The predicted molar refractivity (Wildman–Crippen MR) is 21.5 cm³/mol. The first-order valence-corrected chi connectivity index (χ1v) is 2.23. The number of rotatable bonds is 1. The fourth-order valence-corrected chi connectivity index (χ4v) is 0.174. The van der Waals surface area contributed by atoms with E-state index in [9.17, 15) is 4.79 Å². The summed E-state index contributed by atoms with van der Waals surface area (Å²) < 4.78 is -1.52. The molecule has 0 radical (unpaired) electrons. The maximum Gasteiger partial charge on any atom is 0.382 e. The molecule has 7 heavy (non-hydrogen) atoms. The van der Waals surface area contributed by atoms with E-state index in [4.69, 9.17) is 5.11 Å². The van der Waals surface area contributed by atoms with Crippen LogP contribution in [0.1, 0.15) is 0 Å². The summed E-state index contributed by atoms with van der Waals surface area (Å²) in [7, 11) is 0. The molecule has 0 aromatic carbocycles. The standard InChI is InChI=1S/C2HBrO4/c3-2(1(4)5)6-7-2/h(H,4,5). The van der Waals surface area contributed by atoms with Crippen LogP contribution in [0.4, 0.5) is 0 Å². The van der Waals surface area contributed by atoms with E-state index in [2.05, 4.69) is 25.7 Å². The molecular formula is C2HBrO4. The zero-order valence-electron chi connectivity index (χ0n) is 3.05. The molecule has 0 spiro atoms. The average molecular weight is 169 g/mol. The van der Waals surface area contributed by atoms with Crippen molar-refractivity contribution in [3.8, 4) is 0 Å². The van der Waals surface area contributed by atoms with Gasteiger partial charge in [0.05, 0.1) is 0 Å². The Labute approximate surface area is 47.1 Å². The van der Waals surface area contributed by atoms with Crippen LogP contribution in [0.2, 0.25) is 0 Å². The van der Waals surface area contributed by atoms with Crippen molar-refractivity contribution >= 4 is 21.9 Å². The molecule has 4 nitrogen and oxygen atoms in total. The minimum Gasteiger partial charge on any atom is -0.476 e. The van der Waals surface area contributed by atoms with Crippen LogP contribution in [0.15, 0.2) is 0 Å². The fraction of sp³-hybridized carbons (Fsp3) is 0.500. The summed E-state index contributed by atoms with van der Waals surface area (Å²) in [5.74, 6) is -1.17. The molecule has 1 N–H and O–H groups in total. The van der Waals surface area contributed by atoms with Gasteiger partial charge < -0.3 is 5.11 Å². The smallest absolute Gasteiger partial charge is 0.382 e. The molecule has 0 bridgehead atoms. The third-order valence-electron chi connectivity index (χ3n) is 0.485. The summed E-state index contributed by atoms with van der Waals surface area (Å²) in [6, 6.07) is 0. The Hall–Kier alpha value is -0.130. The summed E-state index contributed by atoms with van der Waals surface area (Å²) in [5, 5.41) is 8.02. The quantitative estimate of drug-likeness (QED) is 0.343. The van der Waals surface area contributed by atoms with E-state index >= 15 is 0 Å². The van der Waals surface area contributed by atoms with E-state index < -0.39 is 10.7 Å². The van der Waals surface area contributed by atoms with Gasteiger partial charge in [-0.1, -0.05) is 0 Å².